The van der Waals surface area contributed by atoms with Crippen LogP contribution in [0.15, 0.2) is 231 Å². The van der Waals surface area contributed by atoms with Crippen LogP contribution < -0.4 is 4.74 Å². The van der Waals surface area contributed by atoms with Crippen molar-refractivity contribution in [2.45, 2.75) is 5.41 Å². The summed E-state index contributed by atoms with van der Waals surface area (Å²) in [6.45, 7) is 0. The summed E-state index contributed by atoms with van der Waals surface area (Å²) in [5.74, 6) is 3.44. The molecule has 0 saturated carbocycles. The van der Waals surface area contributed by atoms with E-state index in [2.05, 4.69) is 152 Å². The Hall–Kier alpha value is -8.72. The van der Waals surface area contributed by atoms with Crippen molar-refractivity contribution in [3.8, 4) is 85.1 Å². The summed E-state index contributed by atoms with van der Waals surface area (Å²) in [6.07, 6.45) is 0. The standard InChI is InChI=1S/C59H38N4O/c60-39-40-15-12-18-44(35-40)41-29-31-43(32-30-41)57-61-56(42-16-4-1-5-17-42)62-58(63-57)49-22-14-21-47(37-49)45-19-13-20-46(36-45)48-33-34-53-55(38-48)64-54-28-11-10-27-52(54)59(53,50-23-6-2-7-24-50)51-25-8-3-9-26-51/h1-38H. The van der Waals surface area contributed by atoms with Gasteiger partial charge in [-0.25, -0.2) is 15.0 Å². The Morgan fingerprint density at radius 3 is 1.38 bits per heavy atom. The van der Waals surface area contributed by atoms with Crippen LogP contribution in [0.4, 0.5) is 0 Å². The summed E-state index contributed by atoms with van der Waals surface area (Å²) in [7, 11) is 0. The normalized spacial score (nSPS) is 12.3. The molecule has 10 aromatic rings. The zero-order chi connectivity index (χ0) is 42.9. The van der Waals surface area contributed by atoms with Crippen LogP contribution in [-0.4, -0.2) is 15.0 Å². The Kier molecular flexibility index (Phi) is 9.72. The minimum atomic E-state index is -0.572. The van der Waals surface area contributed by atoms with Crippen molar-refractivity contribution in [2.24, 2.45) is 0 Å². The molecule has 5 heteroatoms. The van der Waals surface area contributed by atoms with E-state index >= 15 is 0 Å². The molecule has 0 bridgehead atoms. The Labute approximate surface area is 372 Å². The van der Waals surface area contributed by atoms with Crippen molar-refractivity contribution in [3.05, 3.63) is 258 Å². The Morgan fingerprint density at radius 2 is 0.750 bits per heavy atom. The topological polar surface area (TPSA) is 71.7 Å². The van der Waals surface area contributed by atoms with E-state index in [9.17, 15) is 5.26 Å². The van der Waals surface area contributed by atoms with Crippen molar-refractivity contribution < 1.29 is 4.74 Å². The first kappa shape index (κ1) is 38.2. The first-order chi connectivity index (χ1) is 31.6. The van der Waals surface area contributed by atoms with Crippen molar-refractivity contribution in [2.75, 3.05) is 0 Å². The molecule has 0 spiro atoms. The third-order valence-electron chi connectivity index (χ3n) is 12.1. The molecule has 300 valence electrons. The summed E-state index contributed by atoms with van der Waals surface area (Å²) in [6, 6.07) is 81.6. The third kappa shape index (κ3) is 6.90. The summed E-state index contributed by atoms with van der Waals surface area (Å²) in [5, 5.41) is 9.44. The van der Waals surface area contributed by atoms with E-state index in [1.54, 1.807) is 0 Å². The van der Waals surface area contributed by atoms with E-state index in [1.807, 2.05) is 84.9 Å². The average molecular weight is 819 g/mol. The van der Waals surface area contributed by atoms with Crippen molar-refractivity contribution in [3.63, 3.8) is 0 Å². The Morgan fingerprint density at radius 1 is 0.328 bits per heavy atom. The van der Waals surface area contributed by atoms with Gasteiger partial charge < -0.3 is 4.74 Å². The molecule has 1 aromatic heterocycles. The molecule has 0 saturated heterocycles. The maximum Gasteiger partial charge on any atom is 0.164 e. The molecule has 5 nitrogen and oxygen atoms in total. The number of nitriles is 1. The molecule has 0 N–H and O–H groups in total. The second kappa shape index (κ2) is 16.3. The van der Waals surface area contributed by atoms with Gasteiger partial charge in [-0.3, -0.25) is 0 Å². The fourth-order valence-electron chi connectivity index (χ4n) is 9.04. The highest BCUT2D eigenvalue weighted by atomic mass is 16.5. The number of hydrogen-bond acceptors (Lipinski definition) is 5. The first-order valence-electron chi connectivity index (χ1n) is 21.3. The minimum Gasteiger partial charge on any atom is -0.457 e. The number of para-hydroxylation sites is 1. The lowest BCUT2D eigenvalue weighted by Crippen LogP contribution is -2.34. The van der Waals surface area contributed by atoms with E-state index in [1.165, 1.54) is 11.1 Å². The van der Waals surface area contributed by atoms with E-state index in [-0.39, 0.29) is 0 Å². The fourth-order valence-corrected chi connectivity index (χ4v) is 9.04. The molecule has 0 unspecified atom stereocenters. The lowest BCUT2D eigenvalue weighted by molar-refractivity contribution is 0.435. The predicted octanol–water partition coefficient (Wildman–Crippen LogP) is 14.2. The quantitative estimate of drug-likeness (QED) is 0.153. The third-order valence-corrected chi connectivity index (χ3v) is 12.1. The van der Waals surface area contributed by atoms with Crippen molar-refractivity contribution in [1.29, 1.82) is 5.26 Å². The van der Waals surface area contributed by atoms with Gasteiger partial charge in [0.2, 0.25) is 0 Å². The summed E-state index contributed by atoms with van der Waals surface area (Å²) < 4.78 is 6.81. The molecule has 1 aliphatic heterocycles. The van der Waals surface area contributed by atoms with E-state index in [0.717, 1.165) is 72.7 Å². The van der Waals surface area contributed by atoms with Gasteiger partial charge in [0.15, 0.2) is 17.5 Å². The minimum absolute atomic E-state index is 0.572. The van der Waals surface area contributed by atoms with Gasteiger partial charge in [-0.15, -0.1) is 0 Å². The van der Waals surface area contributed by atoms with Crippen LogP contribution in [0.3, 0.4) is 0 Å². The molecular weight excluding hydrogens is 781 g/mol. The molecule has 0 radical (unpaired) electrons. The van der Waals surface area contributed by atoms with Gasteiger partial charge >= 0.3 is 0 Å². The number of aromatic nitrogens is 3. The van der Waals surface area contributed by atoms with Crippen molar-refractivity contribution >= 4 is 0 Å². The number of nitrogens with zero attached hydrogens (tertiary/aromatic N) is 4. The molecule has 1 aliphatic rings. The Bertz CT molecular complexity index is 3320. The number of benzene rings is 9. The van der Waals surface area contributed by atoms with Gasteiger partial charge in [0.05, 0.1) is 17.0 Å². The van der Waals surface area contributed by atoms with Crippen LogP contribution >= 0.6 is 0 Å². The molecule has 0 fully saturated rings. The molecule has 11 rings (SSSR count). The van der Waals surface area contributed by atoms with Crippen LogP contribution in [0.5, 0.6) is 11.5 Å². The van der Waals surface area contributed by atoms with E-state index in [0.29, 0.717) is 23.0 Å². The maximum atomic E-state index is 9.44. The largest absolute Gasteiger partial charge is 0.457 e. The van der Waals surface area contributed by atoms with Gasteiger partial charge in [-0.2, -0.15) is 5.26 Å². The highest BCUT2D eigenvalue weighted by molar-refractivity contribution is 5.79. The fraction of sp³-hybridized carbons (Fsp3) is 0.0169. The summed E-state index contributed by atoms with van der Waals surface area (Å²) in [5.41, 5.74) is 13.5. The number of rotatable bonds is 8. The molecular formula is C59H38N4O. The predicted molar refractivity (Wildman–Crippen MR) is 256 cm³/mol. The van der Waals surface area contributed by atoms with Crippen LogP contribution in [-0.2, 0) is 5.41 Å². The van der Waals surface area contributed by atoms with Gasteiger partial charge in [0.25, 0.3) is 0 Å². The van der Waals surface area contributed by atoms with Gasteiger partial charge in [0, 0.05) is 27.8 Å². The molecule has 0 atom stereocenters. The highest BCUT2D eigenvalue weighted by Crippen LogP contribution is 2.55. The smallest absolute Gasteiger partial charge is 0.164 e. The second-order valence-electron chi connectivity index (χ2n) is 15.9. The first-order valence-corrected chi connectivity index (χ1v) is 21.3. The lowest BCUT2D eigenvalue weighted by atomic mass is 9.63. The lowest BCUT2D eigenvalue weighted by Gasteiger charge is -2.41. The zero-order valence-corrected chi connectivity index (χ0v) is 34.6. The molecule has 0 amide bonds. The molecule has 0 aliphatic carbocycles. The average Bonchev–Trinajstić information content (AvgIpc) is 3.38. The van der Waals surface area contributed by atoms with Gasteiger partial charge in [0.1, 0.15) is 11.5 Å². The summed E-state index contributed by atoms with van der Waals surface area (Å²) >= 11 is 0. The van der Waals surface area contributed by atoms with Crippen LogP contribution in [0.1, 0.15) is 27.8 Å². The maximum absolute atomic E-state index is 9.44. The van der Waals surface area contributed by atoms with Gasteiger partial charge in [-0.1, -0.05) is 194 Å². The Balaban J connectivity index is 0.966. The number of ether oxygens (including phenoxy) is 1. The van der Waals surface area contributed by atoms with Crippen molar-refractivity contribution in [1.82, 2.24) is 15.0 Å². The molecule has 9 aromatic carbocycles. The van der Waals surface area contributed by atoms with Gasteiger partial charge in [-0.05, 0) is 80.9 Å². The second-order valence-corrected chi connectivity index (χ2v) is 15.9. The summed E-state index contributed by atoms with van der Waals surface area (Å²) in [4.78, 5) is 15.1. The van der Waals surface area contributed by atoms with Crippen LogP contribution in [0.2, 0.25) is 0 Å². The van der Waals surface area contributed by atoms with E-state index < -0.39 is 5.41 Å². The SMILES string of the molecule is N#Cc1cccc(-c2ccc(-c3nc(-c4ccccc4)nc(-c4cccc(-c5cccc(-c6ccc7c(c6)Oc6ccccc6C7(c6ccccc6)c6ccccc6)c5)c4)n3)cc2)c1. The van der Waals surface area contributed by atoms with Crippen LogP contribution in [0, 0.1) is 11.3 Å². The number of hydrogen-bond donors (Lipinski definition) is 0. The zero-order valence-electron chi connectivity index (χ0n) is 34.6. The molecule has 2 heterocycles. The number of fused-ring (bicyclic) bond motifs is 2. The molecule has 64 heavy (non-hydrogen) atoms. The monoisotopic (exact) mass is 818 g/mol. The van der Waals surface area contributed by atoms with Crippen LogP contribution in [0.25, 0.3) is 67.5 Å². The highest BCUT2D eigenvalue weighted by Gasteiger charge is 2.45. The van der Waals surface area contributed by atoms with E-state index in [4.69, 9.17) is 19.7 Å².